The molecule has 0 aromatic heterocycles. The molecule has 0 saturated heterocycles. The van der Waals surface area contributed by atoms with Gasteiger partial charge in [0, 0.05) is 16.1 Å². The molecule has 0 aliphatic carbocycles. The van der Waals surface area contributed by atoms with Gasteiger partial charge < -0.3 is 10.5 Å². The number of nitrogens with two attached hydrogens (primary N) is 1. The predicted molar refractivity (Wildman–Crippen MR) is 51.3 cm³/mol. The maximum Gasteiger partial charge on any atom is 0.131 e. The number of benzene rings is 1. The fourth-order valence-electron chi connectivity index (χ4n) is 1.42. The van der Waals surface area contributed by atoms with Crippen LogP contribution in [0.25, 0.3) is 0 Å². The number of hydrogen-bond donors (Lipinski definition) is 1. The minimum Gasteiger partial charge on any atom is -0.492 e. The van der Waals surface area contributed by atoms with Crippen LogP contribution in [-0.4, -0.2) is 12.6 Å². The Morgan fingerprint density at radius 2 is 2.31 bits per heavy atom. The quantitative estimate of drug-likeness (QED) is 0.758. The van der Waals surface area contributed by atoms with Gasteiger partial charge in [0.2, 0.25) is 0 Å². The zero-order chi connectivity index (χ0) is 9.42. The summed E-state index contributed by atoms with van der Waals surface area (Å²) < 4.78 is 19.3. The SMILES string of the molecule is N[C@H]1COc2cc(Br)cc(F)c2C1. The van der Waals surface area contributed by atoms with Crippen molar-refractivity contribution in [3.05, 3.63) is 28.0 Å². The van der Waals surface area contributed by atoms with Crippen LogP contribution in [0.15, 0.2) is 16.6 Å². The average molecular weight is 246 g/mol. The molecule has 0 fully saturated rings. The van der Waals surface area contributed by atoms with Crippen molar-refractivity contribution in [2.75, 3.05) is 6.61 Å². The molecular weight excluding hydrogens is 237 g/mol. The van der Waals surface area contributed by atoms with Crippen LogP contribution in [0.2, 0.25) is 0 Å². The molecule has 13 heavy (non-hydrogen) atoms. The lowest BCUT2D eigenvalue weighted by atomic mass is 10.0. The second kappa shape index (κ2) is 3.27. The van der Waals surface area contributed by atoms with Crippen LogP contribution in [0.4, 0.5) is 4.39 Å². The Bertz CT molecular complexity index is 343. The molecule has 0 bridgehead atoms. The normalized spacial score (nSPS) is 20.7. The first-order chi connectivity index (χ1) is 6.16. The molecule has 1 atom stereocenters. The molecule has 2 nitrogen and oxygen atoms in total. The highest BCUT2D eigenvalue weighted by Crippen LogP contribution is 2.30. The fourth-order valence-corrected chi connectivity index (χ4v) is 1.83. The van der Waals surface area contributed by atoms with Crippen LogP contribution < -0.4 is 10.5 Å². The molecule has 0 spiro atoms. The minimum atomic E-state index is -0.250. The number of halogens is 2. The molecule has 1 aromatic rings. The summed E-state index contributed by atoms with van der Waals surface area (Å²) in [5, 5.41) is 0. The highest BCUT2D eigenvalue weighted by atomic mass is 79.9. The van der Waals surface area contributed by atoms with Crippen molar-refractivity contribution in [1.29, 1.82) is 0 Å². The first-order valence-corrected chi connectivity index (χ1v) is 4.82. The average Bonchev–Trinajstić information content (AvgIpc) is 2.06. The van der Waals surface area contributed by atoms with Crippen molar-refractivity contribution in [3.63, 3.8) is 0 Å². The predicted octanol–water partition coefficient (Wildman–Crippen LogP) is 1.85. The van der Waals surface area contributed by atoms with Gasteiger partial charge in [-0.15, -0.1) is 0 Å². The van der Waals surface area contributed by atoms with Gasteiger partial charge in [-0.2, -0.15) is 0 Å². The van der Waals surface area contributed by atoms with Crippen LogP contribution >= 0.6 is 15.9 Å². The van der Waals surface area contributed by atoms with Gasteiger partial charge in [0.15, 0.2) is 0 Å². The minimum absolute atomic E-state index is 0.0943. The van der Waals surface area contributed by atoms with Gasteiger partial charge >= 0.3 is 0 Å². The van der Waals surface area contributed by atoms with Crippen molar-refractivity contribution in [2.45, 2.75) is 12.5 Å². The lowest BCUT2D eigenvalue weighted by molar-refractivity contribution is 0.259. The third-order valence-electron chi connectivity index (χ3n) is 2.04. The maximum absolute atomic E-state index is 13.3. The van der Waals surface area contributed by atoms with Gasteiger partial charge in [-0.3, -0.25) is 0 Å². The summed E-state index contributed by atoms with van der Waals surface area (Å²) in [6, 6.07) is 3.10. The molecule has 4 heteroatoms. The van der Waals surface area contributed by atoms with E-state index in [9.17, 15) is 4.39 Å². The van der Waals surface area contributed by atoms with Crippen molar-refractivity contribution in [3.8, 4) is 5.75 Å². The summed E-state index contributed by atoms with van der Waals surface area (Å²) in [6.07, 6.45) is 0.550. The Kier molecular flexibility index (Phi) is 2.26. The molecule has 0 radical (unpaired) electrons. The number of hydrogen-bond acceptors (Lipinski definition) is 2. The van der Waals surface area contributed by atoms with E-state index in [0.717, 1.165) is 0 Å². The summed E-state index contributed by atoms with van der Waals surface area (Å²) in [5.74, 6) is 0.355. The monoisotopic (exact) mass is 245 g/mol. The first-order valence-electron chi connectivity index (χ1n) is 4.03. The van der Waals surface area contributed by atoms with E-state index < -0.39 is 0 Å². The fraction of sp³-hybridized carbons (Fsp3) is 0.333. The van der Waals surface area contributed by atoms with E-state index in [2.05, 4.69) is 15.9 Å². The summed E-state index contributed by atoms with van der Waals surface area (Å²) in [7, 11) is 0. The smallest absolute Gasteiger partial charge is 0.131 e. The number of fused-ring (bicyclic) bond motifs is 1. The molecule has 2 N–H and O–H groups in total. The zero-order valence-electron chi connectivity index (χ0n) is 6.89. The third-order valence-corrected chi connectivity index (χ3v) is 2.50. The Morgan fingerprint density at radius 1 is 1.54 bits per heavy atom. The molecule has 0 saturated carbocycles. The molecule has 1 heterocycles. The van der Waals surface area contributed by atoms with Crippen molar-refractivity contribution in [2.24, 2.45) is 5.73 Å². The Balaban J connectivity index is 2.47. The number of rotatable bonds is 0. The molecular formula is C9H9BrFNO. The van der Waals surface area contributed by atoms with E-state index in [1.54, 1.807) is 6.07 Å². The van der Waals surface area contributed by atoms with Crippen LogP contribution in [0, 0.1) is 5.82 Å². The van der Waals surface area contributed by atoms with Crippen LogP contribution in [0.3, 0.4) is 0 Å². The van der Waals surface area contributed by atoms with Crippen molar-refractivity contribution >= 4 is 15.9 Å². The molecule has 0 amide bonds. The van der Waals surface area contributed by atoms with Gasteiger partial charge in [0.1, 0.15) is 18.2 Å². The van der Waals surface area contributed by atoms with E-state index in [4.69, 9.17) is 10.5 Å². The van der Waals surface area contributed by atoms with Crippen LogP contribution in [-0.2, 0) is 6.42 Å². The topological polar surface area (TPSA) is 35.2 Å². The van der Waals surface area contributed by atoms with Crippen LogP contribution in [0.5, 0.6) is 5.75 Å². The van der Waals surface area contributed by atoms with Crippen LogP contribution in [0.1, 0.15) is 5.56 Å². The highest BCUT2D eigenvalue weighted by Gasteiger charge is 2.20. The van der Waals surface area contributed by atoms with E-state index >= 15 is 0 Å². The summed E-state index contributed by atoms with van der Waals surface area (Å²) in [6.45, 7) is 0.461. The van der Waals surface area contributed by atoms with Gasteiger partial charge in [-0.1, -0.05) is 15.9 Å². The van der Waals surface area contributed by atoms with E-state index in [1.165, 1.54) is 6.07 Å². The molecule has 0 unspecified atom stereocenters. The van der Waals surface area contributed by atoms with E-state index in [-0.39, 0.29) is 11.9 Å². The lowest BCUT2D eigenvalue weighted by Crippen LogP contribution is -2.34. The van der Waals surface area contributed by atoms with Crippen molar-refractivity contribution in [1.82, 2.24) is 0 Å². The Labute approximate surface area is 84.0 Å². The largest absolute Gasteiger partial charge is 0.492 e. The number of ether oxygens (including phenoxy) is 1. The second-order valence-corrected chi connectivity index (χ2v) is 4.06. The Hall–Kier alpha value is -0.610. The molecule has 2 rings (SSSR count). The highest BCUT2D eigenvalue weighted by molar-refractivity contribution is 9.10. The molecule has 70 valence electrons. The molecule has 1 aliphatic heterocycles. The first kappa shape index (κ1) is 8.97. The summed E-state index contributed by atoms with van der Waals surface area (Å²) in [5.41, 5.74) is 6.24. The molecule has 1 aliphatic rings. The van der Waals surface area contributed by atoms with Gasteiger partial charge in [0.25, 0.3) is 0 Å². The summed E-state index contributed by atoms with van der Waals surface area (Å²) >= 11 is 3.21. The standard InChI is InChI=1S/C9H9BrFNO/c10-5-1-8(11)7-3-6(12)4-13-9(7)2-5/h1-2,6H,3-4,12H2/t6-/m1/s1. The maximum atomic E-state index is 13.3. The van der Waals surface area contributed by atoms with E-state index in [1.807, 2.05) is 0 Å². The van der Waals surface area contributed by atoms with Gasteiger partial charge in [-0.05, 0) is 18.6 Å². The lowest BCUT2D eigenvalue weighted by Gasteiger charge is -2.22. The summed E-state index contributed by atoms with van der Waals surface area (Å²) in [4.78, 5) is 0. The van der Waals surface area contributed by atoms with Gasteiger partial charge in [-0.25, -0.2) is 4.39 Å². The molecule has 1 aromatic carbocycles. The van der Waals surface area contributed by atoms with E-state index in [0.29, 0.717) is 28.8 Å². The zero-order valence-corrected chi connectivity index (χ0v) is 8.47. The van der Waals surface area contributed by atoms with Gasteiger partial charge in [0.05, 0.1) is 0 Å². The third kappa shape index (κ3) is 1.69. The Morgan fingerprint density at radius 3 is 3.08 bits per heavy atom. The second-order valence-electron chi connectivity index (χ2n) is 3.14. The van der Waals surface area contributed by atoms with Crippen molar-refractivity contribution < 1.29 is 9.13 Å².